The van der Waals surface area contributed by atoms with Crippen LogP contribution in [0.15, 0.2) is 42.2 Å². The maximum absolute atomic E-state index is 12.7. The molecule has 26 heavy (non-hydrogen) atoms. The number of amides is 4. The van der Waals surface area contributed by atoms with E-state index in [0.29, 0.717) is 17.2 Å². The van der Waals surface area contributed by atoms with E-state index in [1.165, 1.54) is 18.5 Å². The Labute approximate surface area is 163 Å². The maximum Gasteiger partial charge on any atom is 0.335 e. The Morgan fingerprint density at radius 1 is 1.08 bits per heavy atom. The van der Waals surface area contributed by atoms with Gasteiger partial charge in [0.15, 0.2) is 0 Å². The zero-order valence-corrected chi connectivity index (χ0v) is 16.1. The second-order valence-corrected chi connectivity index (χ2v) is 6.89. The maximum atomic E-state index is 12.7. The number of aromatic nitrogens is 2. The van der Waals surface area contributed by atoms with Crippen molar-refractivity contribution in [2.24, 2.45) is 0 Å². The summed E-state index contributed by atoms with van der Waals surface area (Å²) in [6.45, 7) is 0. The van der Waals surface area contributed by atoms with E-state index < -0.39 is 17.8 Å². The fourth-order valence-electron chi connectivity index (χ4n) is 2.29. The molecule has 1 aliphatic heterocycles. The normalized spacial score (nSPS) is 16.0. The Morgan fingerprint density at radius 3 is 2.27 bits per heavy atom. The monoisotopic (exact) mass is 463 g/mol. The Kier molecular flexibility index (Phi) is 4.98. The summed E-state index contributed by atoms with van der Waals surface area (Å²) in [7, 11) is 3.60. The minimum atomic E-state index is -0.780. The van der Waals surface area contributed by atoms with Gasteiger partial charge in [0.05, 0.1) is 5.69 Å². The lowest BCUT2D eigenvalue weighted by atomic mass is 10.1. The molecule has 0 unspecified atom stereocenters. The average molecular weight is 463 g/mol. The molecule has 0 atom stereocenters. The lowest BCUT2D eigenvalue weighted by Gasteiger charge is -2.26. The molecule has 132 valence electrons. The molecule has 2 heterocycles. The van der Waals surface area contributed by atoms with Crippen LogP contribution < -0.4 is 15.1 Å². The molecule has 8 nitrogen and oxygen atoms in total. The van der Waals surface area contributed by atoms with Crippen LogP contribution in [0.3, 0.4) is 0 Å². The molecular weight excluding hydrogens is 449 g/mol. The van der Waals surface area contributed by atoms with Crippen LogP contribution in [0.1, 0.15) is 5.56 Å². The second-order valence-electron chi connectivity index (χ2n) is 5.65. The fraction of sp³-hybridized carbons (Fsp3) is 0.118. The van der Waals surface area contributed by atoms with Gasteiger partial charge in [-0.15, -0.1) is 0 Å². The van der Waals surface area contributed by atoms with Gasteiger partial charge in [-0.25, -0.2) is 19.7 Å². The Balaban J connectivity index is 1.95. The number of carbonyl (C=O) groups excluding carboxylic acids is 3. The largest absolute Gasteiger partial charge is 0.347 e. The number of nitrogens with zero attached hydrogens (tertiary/aromatic N) is 4. The third kappa shape index (κ3) is 3.57. The topological polar surface area (TPSA) is 95.5 Å². The lowest BCUT2D eigenvalue weighted by Crippen LogP contribution is -2.54. The van der Waals surface area contributed by atoms with Gasteiger partial charge in [0.2, 0.25) is 5.95 Å². The van der Waals surface area contributed by atoms with Crippen molar-refractivity contribution in [2.45, 2.75) is 0 Å². The van der Waals surface area contributed by atoms with Crippen molar-refractivity contribution in [3.63, 3.8) is 0 Å². The number of anilines is 2. The zero-order chi connectivity index (χ0) is 18.8. The van der Waals surface area contributed by atoms with Gasteiger partial charge in [0, 0.05) is 35.6 Å². The minimum Gasteiger partial charge on any atom is -0.347 e. The molecule has 0 radical (unpaired) electrons. The van der Waals surface area contributed by atoms with E-state index in [0.717, 1.165) is 8.47 Å². The van der Waals surface area contributed by atoms with Crippen LogP contribution in [0.5, 0.6) is 0 Å². The lowest BCUT2D eigenvalue weighted by molar-refractivity contribution is -0.122. The highest BCUT2D eigenvalue weighted by Gasteiger charge is 2.36. The van der Waals surface area contributed by atoms with Crippen LogP contribution >= 0.6 is 22.6 Å². The van der Waals surface area contributed by atoms with Gasteiger partial charge in [-0.3, -0.25) is 14.9 Å². The second kappa shape index (κ2) is 7.20. The van der Waals surface area contributed by atoms with E-state index in [2.05, 4.69) is 37.9 Å². The van der Waals surface area contributed by atoms with E-state index >= 15 is 0 Å². The van der Waals surface area contributed by atoms with E-state index in [1.54, 1.807) is 43.3 Å². The predicted octanol–water partition coefficient (Wildman–Crippen LogP) is 1.81. The summed E-state index contributed by atoms with van der Waals surface area (Å²) < 4.78 is 0.959. The third-order valence-electron chi connectivity index (χ3n) is 3.56. The number of nitrogens with one attached hydrogen (secondary N) is 1. The summed E-state index contributed by atoms with van der Waals surface area (Å²) in [6, 6.07) is 6.04. The molecule has 1 aromatic heterocycles. The number of hydrogen-bond donors (Lipinski definition) is 1. The van der Waals surface area contributed by atoms with Crippen LogP contribution in [0.4, 0.5) is 16.4 Å². The molecule has 1 N–H and O–H groups in total. The average Bonchev–Trinajstić information content (AvgIpc) is 2.60. The van der Waals surface area contributed by atoms with Gasteiger partial charge in [0.25, 0.3) is 11.8 Å². The molecule has 0 saturated carbocycles. The van der Waals surface area contributed by atoms with Gasteiger partial charge in [-0.05, 0) is 52.9 Å². The summed E-state index contributed by atoms with van der Waals surface area (Å²) in [5.74, 6) is -0.947. The van der Waals surface area contributed by atoms with E-state index in [1.807, 2.05) is 0 Å². The first kappa shape index (κ1) is 18.0. The Hall–Kier alpha value is -2.82. The van der Waals surface area contributed by atoms with Crippen LogP contribution in [0, 0.1) is 3.57 Å². The number of imide groups is 2. The van der Waals surface area contributed by atoms with Crippen LogP contribution in [0.25, 0.3) is 6.08 Å². The van der Waals surface area contributed by atoms with Gasteiger partial charge >= 0.3 is 6.03 Å². The van der Waals surface area contributed by atoms with E-state index in [-0.39, 0.29) is 5.57 Å². The quantitative estimate of drug-likeness (QED) is 0.424. The van der Waals surface area contributed by atoms with Crippen molar-refractivity contribution < 1.29 is 14.4 Å². The smallest absolute Gasteiger partial charge is 0.335 e. The molecule has 2 aromatic rings. The van der Waals surface area contributed by atoms with E-state index in [4.69, 9.17) is 0 Å². The van der Waals surface area contributed by atoms with Gasteiger partial charge in [0.1, 0.15) is 5.57 Å². The number of halogens is 1. The summed E-state index contributed by atoms with van der Waals surface area (Å²) in [6.07, 6.45) is 4.37. The van der Waals surface area contributed by atoms with Crippen molar-refractivity contribution >= 4 is 58.1 Å². The molecule has 1 aromatic carbocycles. The molecule has 1 saturated heterocycles. The van der Waals surface area contributed by atoms with Crippen molar-refractivity contribution in [1.29, 1.82) is 0 Å². The molecule has 0 bridgehead atoms. The standard InChI is InChI=1S/C17H14IN5O3/c1-22(2)16-19-8-10(9-20-16)7-13-14(24)21-17(26)23(15(13)25)12-5-3-11(18)4-6-12/h3-9H,1-2H3,(H,21,24,26). The van der Waals surface area contributed by atoms with Crippen LogP contribution in [-0.4, -0.2) is 41.9 Å². The first-order valence-electron chi connectivity index (χ1n) is 7.53. The number of urea groups is 1. The number of carbonyl (C=O) groups is 3. The van der Waals surface area contributed by atoms with Gasteiger partial charge in [-0.1, -0.05) is 0 Å². The number of barbiturate groups is 1. The predicted molar refractivity (Wildman–Crippen MR) is 105 cm³/mol. The van der Waals surface area contributed by atoms with Crippen molar-refractivity contribution in [1.82, 2.24) is 15.3 Å². The van der Waals surface area contributed by atoms with Crippen LogP contribution in [0.2, 0.25) is 0 Å². The minimum absolute atomic E-state index is 0.163. The summed E-state index contributed by atoms with van der Waals surface area (Å²) in [5, 5.41) is 2.18. The highest BCUT2D eigenvalue weighted by Crippen LogP contribution is 2.22. The summed E-state index contributed by atoms with van der Waals surface area (Å²) >= 11 is 2.12. The summed E-state index contributed by atoms with van der Waals surface area (Å²) in [4.78, 5) is 47.9. The number of benzene rings is 1. The molecule has 4 amide bonds. The first-order chi connectivity index (χ1) is 12.4. The molecular formula is C17H14IN5O3. The SMILES string of the molecule is CN(C)c1ncc(C=C2C(=O)NC(=O)N(c3ccc(I)cc3)C2=O)cn1. The number of hydrogen-bond acceptors (Lipinski definition) is 6. The molecule has 0 spiro atoms. The van der Waals surface area contributed by atoms with E-state index in [9.17, 15) is 14.4 Å². The third-order valence-corrected chi connectivity index (χ3v) is 4.27. The fourth-order valence-corrected chi connectivity index (χ4v) is 2.65. The molecule has 1 aliphatic rings. The molecule has 1 fully saturated rings. The van der Waals surface area contributed by atoms with Crippen molar-refractivity contribution in [3.8, 4) is 0 Å². The van der Waals surface area contributed by atoms with Crippen molar-refractivity contribution in [3.05, 3.63) is 51.4 Å². The van der Waals surface area contributed by atoms with Gasteiger partial charge < -0.3 is 4.90 Å². The Bertz CT molecular complexity index is 907. The van der Waals surface area contributed by atoms with Crippen molar-refractivity contribution in [2.75, 3.05) is 23.9 Å². The first-order valence-corrected chi connectivity index (χ1v) is 8.61. The number of rotatable bonds is 3. The highest BCUT2D eigenvalue weighted by molar-refractivity contribution is 14.1. The summed E-state index contributed by atoms with van der Waals surface area (Å²) in [5.41, 5.74) is 0.695. The Morgan fingerprint density at radius 2 is 1.69 bits per heavy atom. The molecule has 0 aliphatic carbocycles. The zero-order valence-electron chi connectivity index (χ0n) is 13.9. The highest BCUT2D eigenvalue weighted by atomic mass is 127. The van der Waals surface area contributed by atoms with Crippen LogP contribution in [-0.2, 0) is 9.59 Å². The molecule has 3 rings (SSSR count). The molecule has 9 heteroatoms. The van der Waals surface area contributed by atoms with Gasteiger partial charge in [-0.2, -0.15) is 0 Å².